The van der Waals surface area contributed by atoms with Gasteiger partial charge in [0.25, 0.3) is 5.56 Å². The lowest BCUT2D eigenvalue weighted by Crippen LogP contribution is -2.44. The zero-order valence-electron chi connectivity index (χ0n) is 7.99. The topological polar surface area (TPSA) is 61.0 Å². The summed E-state index contributed by atoms with van der Waals surface area (Å²) in [6, 6.07) is 0. The highest BCUT2D eigenvalue weighted by molar-refractivity contribution is 6.32. The number of aromatic nitrogens is 2. The van der Waals surface area contributed by atoms with Crippen LogP contribution in [0.25, 0.3) is 0 Å². The van der Waals surface area contributed by atoms with Crippen molar-refractivity contribution in [3.05, 3.63) is 21.6 Å². The molecule has 0 aliphatic carbocycles. The van der Waals surface area contributed by atoms with E-state index in [2.05, 4.69) is 20.4 Å². The van der Waals surface area contributed by atoms with Gasteiger partial charge in [0.1, 0.15) is 5.02 Å². The monoisotopic (exact) mass is 250 g/mol. The summed E-state index contributed by atoms with van der Waals surface area (Å²) in [5.41, 5.74) is 0.389. The van der Waals surface area contributed by atoms with Gasteiger partial charge < -0.3 is 10.2 Å². The van der Waals surface area contributed by atoms with Crippen LogP contribution < -0.4 is 15.8 Å². The third-order valence-electron chi connectivity index (χ3n) is 2.23. The molecule has 0 atom stereocenters. The Morgan fingerprint density at radius 1 is 1.40 bits per heavy atom. The Morgan fingerprint density at radius 3 is 2.73 bits per heavy atom. The molecule has 1 aromatic rings. The largest absolute Gasteiger partial charge is 0.366 e. The van der Waals surface area contributed by atoms with Gasteiger partial charge in [0.2, 0.25) is 0 Å². The summed E-state index contributed by atoms with van der Waals surface area (Å²) in [6.45, 7) is 3.52. The normalized spacial score (nSPS) is 15.9. The molecule has 15 heavy (non-hydrogen) atoms. The molecule has 7 heteroatoms. The van der Waals surface area contributed by atoms with Crippen LogP contribution in [0.1, 0.15) is 0 Å². The number of halogens is 2. The van der Waals surface area contributed by atoms with Gasteiger partial charge in [-0.05, 0) is 0 Å². The van der Waals surface area contributed by atoms with E-state index >= 15 is 0 Å². The highest BCUT2D eigenvalue weighted by Gasteiger charge is 2.15. The first kappa shape index (κ1) is 12.3. The fourth-order valence-electron chi connectivity index (χ4n) is 1.50. The Labute approximate surface area is 98.2 Å². The fourth-order valence-corrected chi connectivity index (χ4v) is 1.71. The van der Waals surface area contributed by atoms with E-state index in [1.165, 1.54) is 0 Å². The first-order valence-electron chi connectivity index (χ1n) is 4.48. The number of nitrogens with one attached hydrogen (secondary N) is 2. The number of nitrogens with zero attached hydrogens (tertiary/aromatic N) is 2. The molecular formula is C8H12Cl2N4O. The van der Waals surface area contributed by atoms with Crippen LogP contribution in [0.15, 0.2) is 11.0 Å². The predicted octanol–water partition coefficient (Wildman–Crippen LogP) is 0.255. The smallest absolute Gasteiger partial charge is 0.285 e. The first-order valence-corrected chi connectivity index (χ1v) is 4.85. The molecule has 2 rings (SSSR count). The van der Waals surface area contributed by atoms with Gasteiger partial charge in [-0.3, -0.25) is 4.79 Å². The van der Waals surface area contributed by atoms with E-state index < -0.39 is 0 Å². The minimum absolute atomic E-state index is 0. The summed E-state index contributed by atoms with van der Waals surface area (Å²) in [7, 11) is 0. The van der Waals surface area contributed by atoms with E-state index in [9.17, 15) is 4.79 Å². The summed E-state index contributed by atoms with van der Waals surface area (Å²) in [5, 5.41) is 9.49. The SMILES string of the molecule is Cl.O=c1[nH]ncc(N2CCNCC2)c1Cl. The van der Waals surface area contributed by atoms with E-state index in [4.69, 9.17) is 11.6 Å². The molecule has 84 valence electrons. The average molecular weight is 251 g/mol. The lowest BCUT2D eigenvalue weighted by molar-refractivity contribution is 0.588. The van der Waals surface area contributed by atoms with Gasteiger partial charge in [-0.1, -0.05) is 11.6 Å². The van der Waals surface area contributed by atoms with Gasteiger partial charge in [-0.15, -0.1) is 12.4 Å². The maximum Gasteiger partial charge on any atom is 0.285 e. The summed E-state index contributed by atoms with van der Waals surface area (Å²) in [4.78, 5) is 13.2. The van der Waals surface area contributed by atoms with Crippen LogP contribution in [0, 0.1) is 0 Å². The molecule has 1 aliphatic rings. The van der Waals surface area contributed by atoms with Crippen molar-refractivity contribution in [1.82, 2.24) is 15.5 Å². The molecular weight excluding hydrogens is 239 g/mol. The Morgan fingerprint density at radius 2 is 2.07 bits per heavy atom. The molecule has 1 saturated heterocycles. The standard InChI is InChI=1S/C8H11ClN4O.ClH/c9-7-6(5-11-12-8(7)14)13-3-1-10-2-4-13;/h5,10H,1-4H2,(H,12,14);1H. The maximum absolute atomic E-state index is 11.2. The zero-order valence-corrected chi connectivity index (χ0v) is 9.57. The van der Waals surface area contributed by atoms with Crippen LogP contribution in [0.2, 0.25) is 5.02 Å². The van der Waals surface area contributed by atoms with E-state index in [-0.39, 0.29) is 23.0 Å². The number of H-pyrrole nitrogens is 1. The van der Waals surface area contributed by atoms with E-state index in [1.807, 2.05) is 0 Å². The predicted molar refractivity (Wildman–Crippen MR) is 62.2 cm³/mol. The number of hydrogen-bond donors (Lipinski definition) is 2. The molecule has 0 unspecified atom stereocenters. The second-order valence-corrected chi connectivity index (χ2v) is 3.51. The van der Waals surface area contributed by atoms with Gasteiger partial charge >= 0.3 is 0 Å². The van der Waals surface area contributed by atoms with Crippen LogP contribution in [-0.2, 0) is 0 Å². The van der Waals surface area contributed by atoms with Crippen molar-refractivity contribution in [2.75, 3.05) is 31.1 Å². The number of piperazine rings is 1. The molecule has 0 aromatic carbocycles. The van der Waals surface area contributed by atoms with Crippen molar-refractivity contribution >= 4 is 29.7 Å². The van der Waals surface area contributed by atoms with Gasteiger partial charge in [-0.2, -0.15) is 5.10 Å². The zero-order chi connectivity index (χ0) is 9.97. The van der Waals surface area contributed by atoms with Crippen LogP contribution >= 0.6 is 24.0 Å². The molecule has 1 fully saturated rings. The number of aromatic amines is 1. The Bertz CT molecular complexity index is 375. The number of anilines is 1. The quantitative estimate of drug-likeness (QED) is 0.751. The number of rotatable bonds is 1. The second-order valence-electron chi connectivity index (χ2n) is 3.14. The highest BCUT2D eigenvalue weighted by atomic mass is 35.5. The molecule has 5 nitrogen and oxygen atoms in total. The third kappa shape index (κ3) is 2.62. The van der Waals surface area contributed by atoms with E-state index in [0.29, 0.717) is 0 Å². The maximum atomic E-state index is 11.2. The Kier molecular flexibility index (Phi) is 4.38. The molecule has 0 spiro atoms. The van der Waals surface area contributed by atoms with Gasteiger partial charge in [-0.25, -0.2) is 5.10 Å². The van der Waals surface area contributed by atoms with Crippen LogP contribution in [0.4, 0.5) is 5.69 Å². The van der Waals surface area contributed by atoms with Crippen molar-refractivity contribution in [1.29, 1.82) is 0 Å². The van der Waals surface area contributed by atoms with Crippen LogP contribution in [0.5, 0.6) is 0 Å². The molecule has 0 radical (unpaired) electrons. The van der Waals surface area contributed by atoms with Gasteiger partial charge in [0.05, 0.1) is 11.9 Å². The van der Waals surface area contributed by atoms with Gasteiger partial charge in [0, 0.05) is 26.2 Å². The fraction of sp³-hybridized carbons (Fsp3) is 0.500. The molecule has 1 aliphatic heterocycles. The number of hydrogen-bond acceptors (Lipinski definition) is 4. The molecule has 0 saturated carbocycles. The molecule has 0 bridgehead atoms. The third-order valence-corrected chi connectivity index (χ3v) is 2.60. The lowest BCUT2D eigenvalue weighted by Gasteiger charge is -2.29. The van der Waals surface area contributed by atoms with Crippen molar-refractivity contribution < 1.29 is 0 Å². The summed E-state index contributed by atoms with van der Waals surface area (Å²) >= 11 is 5.88. The van der Waals surface area contributed by atoms with E-state index in [1.54, 1.807) is 6.20 Å². The van der Waals surface area contributed by atoms with Crippen LogP contribution in [-0.4, -0.2) is 36.4 Å². The molecule has 1 aromatic heterocycles. The second kappa shape index (κ2) is 5.34. The van der Waals surface area contributed by atoms with Crippen molar-refractivity contribution in [3.8, 4) is 0 Å². The molecule has 0 amide bonds. The summed E-state index contributed by atoms with van der Waals surface area (Å²) < 4.78 is 0. The molecule has 2 N–H and O–H groups in total. The first-order chi connectivity index (χ1) is 6.79. The Balaban J connectivity index is 0.00000112. The minimum atomic E-state index is -0.331. The average Bonchev–Trinajstić information content (AvgIpc) is 2.23. The van der Waals surface area contributed by atoms with E-state index in [0.717, 1.165) is 31.9 Å². The Hall–Kier alpha value is -0.780. The molecule has 2 heterocycles. The van der Waals surface area contributed by atoms with Crippen molar-refractivity contribution in [3.63, 3.8) is 0 Å². The van der Waals surface area contributed by atoms with Crippen molar-refractivity contribution in [2.24, 2.45) is 0 Å². The summed E-state index contributed by atoms with van der Waals surface area (Å²) in [5.74, 6) is 0. The van der Waals surface area contributed by atoms with Gasteiger partial charge in [0.15, 0.2) is 0 Å². The highest BCUT2D eigenvalue weighted by Crippen LogP contribution is 2.20. The summed E-state index contributed by atoms with van der Waals surface area (Å²) in [6.07, 6.45) is 1.59. The minimum Gasteiger partial charge on any atom is -0.366 e. The lowest BCUT2D eigenvalue weighted by atomic mass is 10.3. The van der Waals surface area contributed by atoms with Crippen molar-refractivity contribution in [2.45, 2.75) is 0 Å². The van der Waals surface area contributed by atoms with Crippen LogP contribution in [0.3, 0.4) is 0 Å².